The van der Waals surface area contributed by atoms with Crippen LogP contribution in [-0.4, -0.2) is 105 Å². The maximum absolute atomic E-state index is 11.5. The maximum atomic E-state index is 11.5. The number of morpholine rings is 1. The molecule has 1 atom stereocenters. The van der Waals surface area contributed by atoms with Crippen LogP contribution in [0.4, 0.5) is 0 Å². The van der Waals surface area contributed by atoms with E-state index < -0.39 is 6.10 Å². The van der Waals surface area contributed by atoms with Gasteiger partial charge in [0.05, 0.1) is 20.3 Å². The molecule has 1 N–H and O–H groups in total. The normalized spacial score (nSPS) is 19.8. The second-order valence-electron chi connectivity index (χ2n) is 7.61. The van der Waals surface area contributed by atoms with Gasteiger partial charge in [0.1, 0.15) is 12.7 Å². The number of benzene rings is 1. The average Bonchev–Trinajstić information content (AvgIpc) is 2.73. The van der Waals surface area contributed by atoms with Gasteiger partial charge in [0.2, 0.25) is 5.91 Å². The fraction of sp³-hybridized carbons (Fsp3) is 0.667. The fourth-order valence-corrected chi connectivity index (χ4v) is 3.79. The van der Waals surface area contributed by atoms with Gasteiger partial charge in [-0.05, 0) is 6.07 Å². The molecule has 0 radical (unpaired) electrons. The van der Waals surface area contributed by atoms with Crippen molar-refractivity contribution in [1.82, 2.24) is 14.7 Å². The molecule has 0 bridgehead atoms. The van der Waals surface area contributed by atoms with Crippen molar-refractivity contribution < 1.29 is 24.1 Å². The SMILES string of the molecule is COc1cccc(CN2CCN(C(C)=O)CC2)c1OCC(O)CN1CCOCC1. The topological polar surface area (TPSA) is 74.7 Å². The van der Waals surface area contributed by atoms with Crippen molar-refractivity contribution >= 4 is 5.91 Å². The number of carbonyl (C=O) groups excluding carboxylic acids is 1. The van der Waals surface area contributed by atoms with Crippen LogP contribution in [-0.2, 0) is 16.1 Å². The summed E-state index contributed by atoms with van der Waals surface area (Å²) in [7, 11) is 1.63. The van der Waals surface area contributed by atoms with E-state index in [1.165, 1.54) is 0 Å². The van der Waals surface area contributed by atoms with Crippen molar-refractivity contribution in [2.24, 2.45) is 0 Å². The van der Waals surface area contributed by atoms with Gasteiger partial charge in [-0.15, -0.1) is 0 Å². The fourth-order valence-electron chi connectivity index (χ4n) is 3.79. The zero-order valence-corrected chi connectivity index (χ0v) is 17.5. The quantitative estimate of drug-likeness (QED) is 0.670. The molecule has 2 saturated heterocycles. The van der Waals surface area contributed by atoms with Crippen LogP contribution in [0.25, 0.3) is 0 Å². The summed E-state index contributed by atoms with van der Waals surface area (Å²) in [6, 6.07) is 5.86. The highest BCUT2D eigenvalue weighted by molar-refractivity contribution is 5.73. The summed E-state index contributed by atoms with van der Waals surface area (Å²) >= 11 is 0. The zero-order valence-electron chi connectivity index (χ0n) is 17.5. The van der Waals surface area contributed by atoms with Crippen molar-refractivity contribution in [3.05, 3.63) is 23.8 Å². The predicted octanol–water partition coefficient (Wildman–Crippen LogP) is 0.431. The van der Waals surface area contributed by atoms with Crippen LogP contribution >= 0.6 is 0 Å². The average molecular weight is 408 g/mol. The molecule has 0 aromatic heterocycles. The molecule has 1 aromatic carbocycles. The van der Waals surface area contributed by atoms with Crippen LogP contribution in [0.3, 0.4) is 0 Å². The molecular weight excluding hydrogens is 374 g/mol. The number of hydrogen-bond donors (Lipinski definition) is 1. The summed E-state index contributed by atoms with van der Waals surface area (Å²) < 4.78 is 16.9. The summed E-state index contributed by atoms with van der Waals surface area (Å²) in [6.07, 6.45) is -0.579. The van der Waals surface area contributed by atoms with Crippen LogP contribution in [0.15, 0.2) is 18.2 Å². The standard InChI is InChI=1S/C21H33N3O5/c1-17(25)24-8-6-22(7-9-24)14-18-4-3-5-20(27-2)21(18)29-16-19(26)15-23-10-12-28-13-11-23/h3-5,19,26H,6-16H2,1-2H3. The molecular formula is C21H33N3O5. The number of hydrogen-bond acceptors (Lipinski definition) is 7. The molecule has 0 aliphatic carbocycles. The number of methoxy groups -OCH3 is 1. The first-order valence-corrected chi connectivity index (χ1v) is 10.3. The van der Waals surface area contributed by atoms with Gasteiger partial charge in [0.25, 0.3) is 0 Å². The third-order valence-electron chi connectivity index (χ3n) is 5.48. The minimum atomic E-state index is -0.579. The summed E-state index contributed by atoms with van der Waals surface area (Å²) in [6.45, 7) is 9.36. The number of carbonyl (C=O) groups is 1. The Bertz CT molecular complexity index is 658. The van der Waals surface area contributed by atoms with Gasteiger partial charge in [-0.3, -0.25) is 14.6 Å². The van der Waals surface area contributed by atoms with Gasteiger partial charge < -0.3 is 24.2 Å². The van der Waals surface area contributed by atoms with Crippen molar-refractivity contribution in [2.75, 3.05) is 72.7 Å². The third kappa shape index (κ3) is 6.30. The lowest BCUT2D eigenvalue weighted by Crippen LogP contribution is -2.47. The molecule has 162 valence electrons. The van der Waals surface area contributed by atoms with E-state index in [9.17, 15) is 9.90 Å². The second kappa shape index (κ2) is 10.8. The minimum Gasteiger partial charge on any atom is -0.493 e. The summed E-state index contributed by atoms with van der Waals surface area (Å²) in [4.78, 5) is 17.9. The first-order valence-electron chi connectivity index (χ1n) is 10.3. The molecule has 1 amide bonds. The number of aliphatic hydroxyl groups is 1. The van der Waals surface area contributed by atoms with Crippen molar-refractivity contribution in [3.8, 4) is 11.5 Å². The van der Waals surface area contributed by atoms with E-state index in [0.29, 0.717) is 31.3 Å². The number of amides is 1. The van der Waals surface area contributed by atoms with Gasteiger partial charge in [0, 0.05) is 64.8 Å². The molecule has 8 nitrogen and oxygen atoms in total. The molecule has 8 heteroatoms. The summed E-state index contributed by atoms with van der Waals surface area (Å²) in [5.41, 5.74) is 1.03. The Labute approximate surface area is 172 Å². The number of nitrogens with zero attached hydrogens (tertiary/aromatic N) is 3. The van der Waals surface area contributed by atoms with E-state index in [-0.39, 0.29) is 12.5 Å². The van der Waals surface area contributed by atoms with Gasteiger partial charge in [-0.25, -0.2) is 0 Å². The number of ether oxygens (including phenoxy) is 3. The number of β-amino-alcohol motifs (C(OH)–C–C–N with tert-alkyl or cyclic N) is 1. The Morgan fingerprint density at radius 3 is 2.52 bits per heavy atom. The summed E-state index contributed by atoms with van der Waals surface area (Å²) in [5.74, 6) is 1.48. The molecule has 2 heterocycles. The maximum Gasteiger partial charge on any atom is 0.219 e. The second-order valence-corrected chi connectivity index (χ2v) is 7.61. The molecule has 0 saturated carbocycles. The Balaban J connectivity index is 1.58. The highest BCUT2D eigenvalue weighted by Crippen LogP contribution is 2.32. The van der Waals surface area contributed by atoms with Gasteiger partial charge in [-0.1, -0.05) is 12.1 Å². The molecule has 2 aliphatic heterocycles. The molecule has 1 aromatic rings. The molecule has 1 unspecified atom stereocenters. The lowest BCUT2D eigenvalue weighted by atomic mass is 10.1. The van der Waals surface area contributed by atoms with Crippen molar-refractivity contribution in [3.63, 3.8) is 0 Å². The Kier molecular flexibility index (Phi) is 8.11. The largest absolute Gasteiger partial charge is 0.493 e. The van der Waals surface area contributed by atoms with Crippen LogP contribution < -0.4 is 9.47 Å². The minimum absolute atomic E-state index is 0.129. The van der Waals surface area contributed by atoms with Gasteiger partial charge in [-0.2, -0.15) is 0 Å². The van der Waals surface area contributed by atoms with E-state index in [0.717, 1.165) is 51.4 Å². The first kappa shape index (κ1) is 21.8. The molecule has 2 fully saturated rings. The van der Waals surface area contributed by atoms with E-state index in [2.05, 4.69) is 9.80 Å². The van der Waals surface area contributed by atoms with E-state index in [4.69, 9.17) is 14.2 Å². The Hall–Kier alpha value is -1.87. The summed E-state index contributed by atoms with van der Waals surface area (Å²) in [5, 5.41) is 10.4. The first-order chi connectivity index (χ1) is 14.1. The van der Waals surface area contributed by atoms with Crippen LogP contribution in [0.5, 0.6) is 11.5 Å². The number of para-hydroxylation sites is 1. The zero-order chi connectivity index (χ0) is 20.6. The van der Waals surface area contributed by atoms with Crippen molar-refractivity contribution in [1.29, 1.82) is 0 Å². The van der Waals surface area contributed by atoms with Crippen LogP contribution in [0, 0.1) is 0 Å². The molecule has 0 spiro atoms. The monoisotopic (exact) mass is 407 g/mol. The molecule has 2 aliphatic rings. The predicted molar refractivity (Wildman–Crippen MR) is 109 cm³/mol. The van der Waals surface area contributed by atoms with E-state index in [1.54, 1.807) is 14.0 Å². The highest BCUT2D eigenvalue weighted by Gasteiger charge is 2.22. The Morgan fingerprint density at radius 1 is 1.14 bits per heavy atom. The van der Waals surface area contributed by atoms with Crippen LogP contribution in [0.1, 0.15) is 12.5 Å². The lowest BCUT2D eigenvalue weighted by molar-refractivity contribution is -0.130. The van der Waals surface area contributed by atoms with E-state index >= 15 is 0 Å². The van der Waals surface area contributed by atoms with Crippen molar-refractivity contribution in [2.45, 2.75) is 19.6 Å². The lowest BCUT2D eigenvalue weighted by Gasteiger charge is -2.34. The smallest absolute Gasteiger partial charge is 0.219 e. The third-order valence-corrected chi connectivity index (χ3v) is 5.48. The molecule has 29 heavy (non-hydrogen) atoms. The molecule has 3 rings (SSSR count). The number of rotatable bonds is 8. The van der Waals surface area contributed by atoms with Gasteiger partial charge in [0.15, 0.2) is 11.5 Å². The Morgan fingerprint density at radius 2 is 1.86 bits per heavy atom. The van der Waals surface area contributed by atoms with E-state index in [1.807, 2.05) is 23.1 Å². The highest BCUT2D eigenvalue weighted by atomic mass is 16.5. The van der Waals surface area contributed by atoms with Gasteiger partial charge >= 0.3 is 0 Å². The van der Waals surface area contributed by atoms with Crippen LogP contribution in [0.2, 0.25) is 0 Å². The number of aliphatic hydroxyl groups excluding tert-OH is 1. The number of piperazine rings is 1.